The summed E-state index contributed by atoms with van der Waals surface area (Å²) in [5, 5.41) is 2.75. The van der Waals surface area contributed by atoms with E-state index < -0.39 is 0 Å². The molecule has 3 rings (SSSR count). The van der Waals surface area contributed by atoms with Crippen LogP contribution in [0.4, 0.5) is 0 Å². The standard InChI is InChI=1S/C17H24N2O2/c1-18-16(20)11-13-12-17(7-9-19(2)10-8-17)21-15-6-4-3-5-14(13)15/h3-6,13H,7-12H2,1-2H3,(H,18,20)/t13-/m0/s1. The molecule has 1 spiro atoms. The second-order valence-corrected chi connectivity index (χ2v) is 6.40. The Balaban J connectivity index is 1.87. The lowest BCUT2D eigenvalue weighted by Gasteiger charge is -2.46. The summed E-state index contributed by atoms with van der Waals surface area (Å²) in [6.07, 6.45) is 3.59. The first kappa shape index (κ1) is 14.4. The zero-order chi connectivity index (χ0) is 14.9. The molecule has 4 nitrogen and oxygen atoms in total. The number of carbonyl (C=O) groups excluding carboxylic acids is 1. The fourth-order valence-corrected chi connectivity index (χ4v) is 3.58. The molecule has 0 bridgehead atoms. The molecule has 0 aromatic heterocycles. The summed E-state index contributed by atoms with van der Waals surface area (Å²) in [6.45, 7) is 2.13. The van der Waals surface area contributed by atoms with E-state index in [1.54, 1.807) is 7.05 Å². The summed E-state index contributed by atoms with van der Waals surface area (Å²) in [4.78, 5) is 14.2. The fraction of sp³-hybridized carbons (Fsp3) is 0.588. The summed E-state index contributed by atoms with van der Waals surface area (Å²) in [5.41, 5.74) is 1.10. The van der Waals surface area contributed by atoms with Gasteiger partial charge >= 0.3 is 0 Å². The second kappa shape index (κ2) is 5.68. The number of amides is 1. The van der Waals surface area contributed by atoms with Crippen LogP contribution in [0, 0.1) is 0 Å². The molecule has 2 aliphatic heterocycles. The average Bonchev–Trinajstić information content (AvgIpc) is 2.50. The number of nitrogens with one attached hydrogen (secondary N) is 1. The zero-order valence-corrected chi connectivity index (χ0v) is 12.9. The molecule has 1 aromatic rings. The number of piperidine rings is 1. The van der Waals surface area contributed by atoms with Crippen LogP contribution in [0.25, 0.3) is 0 Å². The number of benzene rings is 1. The van der Waals surface area contributed by atoms with Crippen LogP contribution in [0.3, 0.4) is 0 Å². The van der Waals surface area contributed by atoms with Crippen molar-refractivity contribution in [3.63, 3.8) is 0 Å². The lowest BCUT2D eigenvalue weighted by Crippen LogP contribution is -2.49. The van der Waals surface area contributed by atoms with Gasteiger partial charge in [0.25, 0.3) is 0 Å². The minimum absolute atomic E-state index is 0.0838. The molecule has 0 radical (unpaired) electrons. The van der Waals surface area contributed by atoms with Crippen molar-refractivity contribution < 1.29 is 9.53 Å². The number of carbonyl (C=O) groups is 1. The van der Waals surface area contributed by atoms with Gasteiger partial charge in [-0.3, -0.25) is 4.79 Å². The summed E-state index contributed by atoms with van der Waals surface area (Å²) < 4.78 is 6.40. The van der Waals surface area contributed by atoms with E-state index in [4.69, 9.17) is 4.74 Å². The molecule has 21 heavy (non-hydrogen) atoms. The fourth-order valence-electron chi connectivity index (χ4n) is 3.58. The third kappa shape index (κ3) is 2.91. The molecule has 1 aromatic carbocycles. The van der Waals surface area contributed by atoms with Gasteiger partial charge in [0, 0.05) is 32.5 Å². The van der Waals surface area contributed by atoms with Crippen LogP contribution in [-0.4, -0.2) is 43.6 Å². The second-order valence-electron chi connectivity index (χ2n) is 6.40. The zero-order valence-electron chi connectivity index (χ0n) is 12.9. The number of likely N-dealkylation sites (tertiary alicyclic amines) is 1. The lowest BCUT2D eigenvalue weighted by molar-refractivity contribution is -0.121. The van der Waals surface area contributed by atoms with Crippen molar-refractivity contribution in [2.45, 2.75) is 37.2 Å². The van der Waals surface area contributed by atoms with Crippen molar-refractivity contribution >= 4 is 5.91 Å². The van der Waals surface area contributed by atoms with Crippen LogP contribution in [-0.2, 0) is 4.79 Å². The normalized spacial score (nSPS) is 24.2. The molecule has 2 aliphatic rings. The van der Waals surface area contributed by atoms with Crippen molar-refractivity contribution in [1.82, 2.24) is 10.2 Å². The Morgan fingerprint density at radius 2 is 2.10 bits per heavy atom. The Kier molecular flexibility index (Phi) is 3.89. The summed E-state index contributed by atoms with van der Waals surface area (Å²) in [6, 6.07) is 8.20. The van der Waals surface area contributed by atoms with E-state index in [2.05, 4.69) is 23.3 Å². The minimum Gasteiger partial charge on any atom is -0.487 e. The Hall–Kier alpha value is -1.55. The first-order valence-corrected chi connectivity index (χ1v) is 7.79. The Bertz CT molecular complexity index is 521. The van der Waals surface area contributed by atoms with Crippen molar-refractivity contribution in [2.24, 2.45) is 0 Å². The number of hydrogen-bond acceptors (Lipinski definition) is 3. The minimum atomic E-state index is -0.0838. The number of hydrogen-bond donors (Lipinski definition) is 1. The van der Waals surface area contributed by atoms with Gasteiger partial charge in [-0.25, -0.2) is 0 Å². The monoisotopic (exact) mass is 288 g/mol. The highest BCUT2D eigenvalue weighted by Gasteiger charge is 2.42. The van der Waals surface area contributed by atoms with E-state index in [9.17, 15) is 4.79 Å². The molecule has 0 saturated carbocycles. The summed E-state index contributed by atoms with van der Waals surface area (Å²) in [5.74, 6) is 1.35. The largest absolute Gasteiger partial charge is 0.487 e. The van der Waals surface area contributed by atoms with Crippen molar-refractivity contribution in [3.8, 4) is 5.75 Å². The Morgan fingerprint density at radius 3 is 2.81 bits per heavy atom. The van der Waals surface area contributed by atoms with Crippen molar-refractivity contribution in [2.75, 3.05) is 27.2 Å². The van der Waals surface area contributed by atoms with Gasteiger partial charge in [0.1, 0.15) is 11.4 Å². The molecule has 1 N–H and O–H groups in total. The lowest BCUT2D eigenvalue weighted by atomic mass is 9.76. The van der Waals surface area contributed by atoms with Gasteiger partial charge < -0.3 is 15.0 Å². The number of rotatable bonds is 2. The molecule has 2 heterocycles. The molecule has 1 amide bonds. The Labute approximate surface area is 126 Å². The third-order valence-electron chi connectivity index (χ3n) is 4.91. The maximum Gasteiger partial charge on any atom is 0.220 e. The molecule has 1 atom stereocenters. The maximum atomic E-state index is 11.9. The number of nitrogens with zero attached hydrogens (tertiary/aromatic N) is 1. The van der Waals surface area contributed by atoms with Crippen LogP contribution < -0.4 is 10.1 Å². The van der Waals surface area contributed by atoms with Crippen molar-refractivity contribution in [3.05, 3.63) is 29.8 Å². The molecule has 4 heteroatoms. The molecule has 1 saturated heterocycles. The maximum absolute atomic E-state index is 11.9. The van der Waals surface area contributed by atoms with Crippen LogP contribution in [0.15, 0.2) is 24.3 Å². The topological polar surface area (TPSA) is 41.6 Å². The average molecular weight is 288 g/mol. The third-order valence-corrected chi connectivity index (χ3v) is 4.91. The highest BCUT2D eigenvalue weighted by Crippen LogP contribution is 2.46. The van der Waals surface area contributed by atoms with Crippen LogP contribution in [0.2, 0.25) is 0 Å². The highest BCUT2D eigenvalue weighted by atomic mass is 16.5. The molecular weight excluding hydrogens is 264 g/mol. The van der Waals surface area contributed by atoms with Crippen LogP contribution in [0.5, 0.6) is 5.75 Å². The molecular formula is C17H24N2O2. The quantitative estimate of drug-likeness (QED) is 0.906. The number of para-hydroxylation sites is 1. The van der Waals surface area contributed by atoms with Gasteiger partial charge in [-0.2, -0.15) is 0 Å². The smallest absolute Gasteiger partial charge is 0.220 e. The molecule has 114 valence electrons. The van der Waals surface area contributed by atoms with E-state index >= 15 is 0 Å². The summed E-state index contributed by atoms with van der Waals surface area (Å²) >= 11 is 0. The van der Waals surface area contributed by atoms with Gasteiger partial charge in [-0.15, -0.1) is 0 Å². The first-order chi connectivity index (χ1) is 10.1. The van der Waals surface area contributed by atoms with Gasteiger partial charge in [-0.1, -0.05) is 18.2 Å². The highest BCUT2D eigenvalue weighted by molar-refractivity contribution is 5.76. The predicted molar refractivity (Wildman–Crippen MR) is 82.6 cm³/mol. The van der Waals surface area contributed by atoms with Gasteiger partial charge in [0.15, 0.2) is 0 Å². The SMILES string of the molecule is CNC(=O)C[C@H]1CC2(CCN(C)CC2)Oc2ccccc21. The van der Waals surface area contributed by atoms with Crippen LogP contribution in [0.1, 0.15) is 37.2 Å². The van der Waals surface area contributed by atoms with Gasteiger partial charge in [0.05, 0.1) is 0 Å². The van der Waals surface area contributed by atoms with Crippen molar-refractivity contribution in [1.29, 1.82) is 0 Å². The molecule has 1 fully saturated rings. The molecule has 0 unspecified atom stereocenters. The van der Waals surface area contributed by atoms with Gasteiger partial charge in [-0.05, 0) is 37.9 Å². The van der Waals surface area contributed by atoms with Gasteiger partial charge in [0.2, 0.25) is 5.91 Å². The number of ether oxygens (including phenoxy) is 1. The van der Waals surface area contributed by atoms with E-state index in [0.717, 1.165) is 38.1 Å². The van der Waals surface area contributed by atoms with E-state index in [1.807, 2.05) is 18.2 Å². The first-order valence-electron chi connectivity index (χ1n) is 7.79. The van der Waals surface area contributed by atoms with E-state index in [1.165, 1.54) is 5.56 Å². The predicted octanol–water partition coefficient (Wildman–Crippen LogP) is 2.15. The van der Waals surface area contributed by atoms with E-state index in [0.29, 0.717) is 6.42 Å². The van der Waals surface area contributed by atoms with E-state index in [-0.39, 0.29) is 17.4 Å². The number of fused-ring (bicyclic) bond motifs is 1. The van der Waals surface area contributed by atoms with Crippen LogP contribution >= 0.6 is 0 Å². The summed E-state index contributed by atoms with van der Waals surface area (Å²) in [7, 11) is 3.87. The Morgan fingerprint density at radius 1 is 1.38 bits per heavy atom. The molecule has 0 aliphatic carbocycles.